The largest absolute Gasteiger partial charge is 0.508 e. The van der Waals surface area contributed by atoms with Gasteiger partial charge in [-0.1, -0.05) is 41.5 Å². The van der Waals surface area contributed by atoms with Crippen molar-refractivity contribution in [2.75, 3.05) is 108 Å². The summed E-state index contributed by atoms with van der Waals surface area (Å²) in [6, 6.07) is 0. The number of cyclic esters (lactones) is 2. The summed E-state index contributed by atoms with van der Waals surface area (Å²) in [6.07, 6.45) is 4.79. The van der Waals surface area contributed by atoms with Crippen LogP contribution in [0.4, 0.5) is 4.79 Å². The molecule has 45 heavy (non-hydrogen) atoms. The second-order valence-electron chi connectivity index (χ2n) is 10.3. The third kappa shape index (κ3) is 40.3. The van der Waals surface area contributed by atoms with Crippen LogP contribution in [0.5, 0.6) is 0 Å². The Morgan fingerprint density at radius 1 is 0.844 bits per heavy atom. The van der Waals surface area contributed by atoms with E-state index >= 15 is 0 Å². The Morgan fingerprint density at radius 3 is 1.47 bits per heavy atom. The number of epoxide rings is 1. The van der Waals surface area contributed by atoms with Crippen molar-refractivity contribution in [2.45, 2.75) is 86.9 Å². The maximum Gasteiger partial charge on any atom is 0.508 e. The zero-order valence-corrected chi connectivity index (χ0v) is 31.0. The van der Waals surface area contributed by atoms with Crippen LogP contribution in [0.3, 0.4) is 0 Å². The maximum atomic E-state index is 10.2. The molecule has 0 spiro atoms. The number of methoxy groups -OCH3 is 4. The molecular weight excluding hydrogens is 586 g/mol. The SMILES string of the molecule is CCC1(C)COC1.CCC1CO1.CCC1COC(=O)O1.CCN(C)COC.CCN(COC)COC.CCN=C=O.CCOC. The minimum absolute atomic E-state index is 0.00231. The van der Waals surface area contributed by atoms with Gasteiger partial charge in [0.05, 0.1) is 32.7 Å². The summed E-state index contributed by atoms with van der Waals surface area (Å²) < 4.78 is 38.2. The summed E-state index contributed by atoms with van der Waals surface area (Å²) in [6.45, 7) is 25.2. The molecule has 3 rings (SSSR count). The average Bonchev–Trinajstić information content (AvgIpc) is 3.80. The van der Waals surface area contributed by atoms with Gasteiger partial charge in [-0.05, 0) is 53.2 Å². The molecule has 3 aliphatic heterocycles. The van der Waals surface area contributed by atoms with Gasteiger partial charge >= 0.3 is 6.16 Å². The number of ether oxygens (including phenoxy) is 8. The molecule has 3 fully saturated rings. The lowest BCUT2D eigenvalue weighted by molar-refractivity contribution is -0.103. The average molecular weight is 656 g/mol. The number of hydrogen-bond donors (Lipinski definition) is 0. The van der Waals surface area contributed by atoms with Crippen molar-refractivity contribution in [3.63, 3.8) is 0 Å². The van der Waals surface area contributed by atoms with E-state index in [0.717, 1.165) is 52.7 Å². The molecule has 0 aromatic rings. The lowest BCUT2D eigenvalue weighted by Gasteiger charge is -2.36. The molecule has 0 radical (unpaired) electrons. The predicted octanol–water partition coefficient (Wildman–Crippen LogP) is 5.21. The molecule has 0 aromatic heterocycles. The number of hydrogen-bond acceptors (Lipinski definition) is 13. The van der Waals surface area contributed by atoms with E-state index in [1.54, 1.807) is 35.4 Å². The highest BCUT2D eigenvalue weighted by atomic mass is 16.8. The molecule has 0 saturated carbocycles. The molecule has 2 atom stereocenters. The molecule has 3 heterocycles. The second-order valence-corrected chi connectivity index (χ2v) is 10.3. The smallest absolute Gasteiger partial charge is 0.430 e. The van der Waals surface area contributed by atoms with Gasteiger partial charge in [0.25, 0.3) is 0 Å². The molecule has 0 bridgehead atoms. The van der Waals surface area contributed by atoms with Crippen LogP contribution in [0.15, 0.2) is 4.99 Å². The maximum absolute atomic E-state index is 10.2. The third-order valence-corrected chi connectivity index (χ3v) is 6.19. The highest BCUT2D eigenvalue weighted by Crippen LogP contribution is 2.29. The monoisotopic (exact) mass is 655 g/mol. The quantitative estimate of drug-likeness (QED) is 0.0849. The molecule has 0 N–H and O–H groups in total. The van der Waals surface area contributed by atoms with Crippen molar-refractivity contribution < 1.29 is 47.5 Å². The summed E-state index contributed by atoms with van der Waals surface area (Å²) in [5.41, 5.74) is 0.542. The van der Waals surface area contributed by atoms with E-state index in [-0.39, 0.29) is 6.10 Å². The Balaban J connectivity index is -0.000000221. The second kappa shape index (κ2) is 38.5. The van der Waals surface area contributed by atoms with E-state index in [1.165, 1.54) is 18.9 Å². The first-order chi connectivity index (χ1) is 21.5. The van der Waals surface area contributed by atoms with Crippen LogP contribution < -0.4 is 0 Å². The van der Waals surface area contributed by atoms with Crippen LogP contribution in [0.25, 0.3) is 0 Å². The van der Waals surface area contributed by atoms with Gasteiger partial charge in [0, 0.05) is 47.0 Å². The highest BCUT2D eigenvalue weighted by Gasteiger charge is 2.30. The van der Waals surface area contributed by atoms with Crippen LogP contribution in [-0.2, 0) is 42.7 Å². The molecule has 0 aliphatic carbocycles. The van der Waals surface area contributed by atoms with Crippen molar-refractivity contribution in [1.82, 2.24) is 9.80 Å². The first-order valence-electron chi connectivity index (χ1n) is 15.9. The van der Waals surface area contributed by atoms with E-state index < -0.39 is 6.16 Å². The first-order valence-corrected chi connectivity index (χ1v) is 15.9. The third-order valence-electron chi connectivity index (χ3n) is 6.19. The number of carbonyl (C=O) groups excluding carboxylic acids is 2. The van der Waals surface area contributed by atoms with Crippen LogP contribution in [0.2, 0.25) is 0 Å². The fourth-order valence-corrected chi connectivity index (χ4v) is 2.49. The molecular formula is C32H69N3O10. The number of isocyanates is 1. The molecule has 13 heteroatoms. The van der Waals surface area contributed by atoms with Gasteiger partial charge < -0.3 is 37.9 Å². The van der Waals surface area contributed by atoms with E-state index in [4.69, 9.17) is 28.5 Å². The standard InChI is InChI=1S/C6H15NO2.C6H12O.C5H13NO.C5H8O3.C4H8O.C3H5NO.C3H8O/c1-4-7(5-8-2)6-9-3;1-3-6(2)4-7-5-6;1-4-6(2)5-7-3;1-2-4-3-7-5(6)8-4;1-2-4-3-5-4;1-2-4-3-5;1-3-4-2/h4-6H2,1-3H3;3-5H2,1-2H3;4-5H2,1-3H3;4H,2-3H2,1H3;4H,2-3H2,1H3;2H2,1H3;3H2,1-2H3. The Hall–Kier alpha value is -1.67. The van der Waals surface area contributed by atoms with Gasteiger partial charge in [-0.3, -0.25) is 9.80 Å². The topological polar surface area (TPSA) is 130 Å². The summed E-state index contributed by atoms with van der Waals surface area (Å²) >= 11 is 0. The first kappa shape index (κ1) is 50.2. The molecule has 3 saturated heterocycles. The zero-order valence-electron chi connectivity index (χ0n) is 31.0. The van der Waals surface area contributed by atoms with Crippen LogP contribution in [-0.4, -0.2) is 143 Å². The Labute approximate surface area is 275 Å². The van der Waals surface area contributed by atoms with Gasteiger partial charge in [0.15, 0.2) is 0 Å². The van der Waals surface area contributed by atoms with Gasteiger partial charge in [-0.15, -0.1) is 0 Å². The van der Waals surface area contributed by atoms with Crippen molar-refractivity contribution in [3.05, 3.63) is 0 Å². The lowest BCUT2D eigenvalue weighted by Crippen LogP contribution is -2.38. The summed E-state index contributed by atoms with van der Waals surface area (Å²) in [7, 11) is 8.76. The minimum Gasteiger partial charge on any atom is -0.430 e. The van der Waals surface area contributed by atoms with Gasteiger partial charge in [0.1, 0.15) is 26.2 Å². The zero-order chi connectivity index (χ0) is 35.4. The highest BCUT2D eigenvalue weighted by molar-refractivity contribution is 5.61. The summed E-state index contributed by atoms with van der Waals surface area (Å²) in [4.78, 5) is 26.6. The molecule has 0 aromatic carbocycles. The van der Waals surface area contributed by atoms with Crippen molar-refractivity contribution in [2.24, 2.45) is 10.4 Å². The van der Waals surface area contributed by atoms with E-state index in [2.05, 4.69) is 58.7 Å². The van der Waals surface area contributed by atoms with Crippen LogP contribution in [0.1, 0.15) is 74.7 Å². The lowest BCUT2D eigenvalue weighted by atomic mass is 9.86. The Bertz CT molecular complexity index is 633. The van der Waals surface area contributed by atoms with Crippen molar-refractivity contribution >= 4 is 12.2 Å². The van der Waals surface area contributed by atoms with Gasteiger partial charge in [-0.25, -0.2) is 14.6 Å². The van der Waals surface area contributed by atoms with Gasteiger partial charge in [-0.2, -0.15) is 0 Å². The van der Waals surface area contributed by atoms with E-state index in [0.29, 0.717) is 38.1 Å². The summed E-state index contributed by atoms with van der Waals surface area (Å²) in [5.74, 6) is 0. The Kier molecular flexibility index (Phi) is 43.0. The molecule has 2 unspecified atom stereocenters. The number of nitrogens with zero attached hydrogens (tertiary/aromatic N) is 3. The van der Waals surface area contributed by atoms with Crippen LogP contribution in [0, 0.1) is 5.41 Å². The number of carbonyl (C=O) groups is 1. The molecule has 272 valence electrons. The van der Waals surface area contributed by atoms with Crippen molar-refractivity contribution in [3.8, 4) is 0 Å². The molecule has 0 amide bonds. The predicted molar refractivity (Wildman–Crippen MR) is 178 cm³/mol. The van der Waals surface area contributed by atoms with Crippen LogP contribution >= 0.6 is 0 Å². The minimum atomic E-state index is -0.531. The van der Waals surface area contributed by atoms with Gasteiger partial charge in [0.2, 0.25) is 6.08 Å². The van der Waals surface area contributed by atoms with E-state index in [1.807, 2.05) is 25.8 Å². The summed E-state index contributed by atoms with van der Waals surface area (Å²) in [5, 5.41) is 0. The van der Waals surface area contributed by atoms with E-state index in [9.17, 15) is 4.79 Å². The normalized spacial score (nSPS) is 17.8. The molecule has 3 aliphatic rings. The number of rotatable bonds is 13. The number of aliphatic imine (C=N–C) groups is 1. The Morgan fingerprint density at radius 2 is 1.36 bits per heavy atom. The fraction of sp³-hybridized carbons (Fsp3) is 0.938. The fourth-order valence-electron chi connectivity index (χ4n) is 2.49. The van der Waals surface area contributed by atoms with Crippen molar-refractivity contribution in [1.29, 1.82) is 0 Å². The molecule has 13 nitrogen and oxygen atoms in total.